The van der Waals surface area contributed by atoms with Crippen LogP contribution in [0, 0.1) is 0 Å². The number of rotatable bonds is 4. The van der Waals surface area contributed by atoms with Gasteiger partial charge < -0.3 is 10.1 Å². The minimum Gasteiger partial charge on any atom is -0.379 e. The number of halogens is 1. The lowest BCUT2D eigenvalue weighted by atomic mass is 10.1. The van der Waals surface area contributed by atoms with Crippen LogP contribution in [-0.4, -0.2) is 34.9 Å². The molecule has 6 heteroatoms. The number of carbonyl (C=O) groups excluding carboxylic acids is 1. The van der Waals surface area contributed by atoms with Gasteiger partial charge in [0.1, 0.15) is 5.69 Å². The van der Waals surface area contributed by atoms with Crippen molar-refractivity contribution in [2.45, 2.75) is 18.9 Å². The summed E-state index contributed by atoms with van der Waals surface area (Å²) < 4.78 is 7.15. The Morgan fingerprint density at radius 1 is 1.15 bits per heavy atom. The van der Waals surface area contributed by atoms with E-state index in [2.05, 4.69) is 10.4 Å². The topological polar surface area (TPSA) is 56.1 Å². The molecule has 4 rings (SSSR count). The molecule has 1 amide bonds. The minimum atomic E-state index is -0.151. The van der Waals surface area contributed by atoms with Crippen molar-refractivity contribution in [3.63, 3.8) is 0 Å². The molecule has 27 heavy (non-hydrogen) atoms. The van der Waals surface area contributed by atoms with E-state index in [0.717, 1.165) is 36.4 Å². The predicted molar refractivity (Wildman–Crippen MR) is 105 cm³/mol. The smallest absolute Gasteiger partial charge is 0.270 e. The van der Waals surface area contributed by atoms with E-state index in [1.54, 1.807) is 4.68 Å². The third-order valence-electron chi connectivity index (χ3n) is 4.58. The van der Waals surface area contributed by atoms with E-state index >= 15 is 0 Å². The van der Waals surface area contributed by atoms with E-state index in [1.807, 2.05) is 60.7 Å². The number of ether oxygens (including phenoxy) is 1. The highest BCUT2D eigenvalue weighted by Gasteiger charge is 2.22. The van der Waals surface area contributed by atoms with E-state index in [1.165, 1.54) is 0 Å². The highest BCUT2D eigenvalue weighted by atomic mass is 35.5. The molecule has 1 aliphatic heterocycles. The van der Waals surface area contributed by atoms with Gasteiger partial charge in [0.15, 0.2) is 0 Å². The fraction of sp³-hybridized carbons (Fsp3) is 0.238. The first-order chi connectivity index (χ1) is 13.2. The van der Waals surface area contributed by atoms with Crippen molar-refractivity contribution in [2.24, 2.45) is 0 Å². The molecular formula is C21H20ClN3O2. The molecule has 1 aliphatic rings. The Labute approximate surface area is 162 Å². The second-order valence-electron chi connectivity index (χ2n) is 6.56. The van der Waals surface area contributed by atoms with Gasteiger partial charge in [0, 0.05) is 17.2 Å². The Morgan fingerprint density at radius 3 is 2.63 bits per heavy atom. The number of benzene rings is 2. The fourth-order valence-corrected chi connectivity index (χ4v) is 3.31. The summed E-state index contributed by atoms with van der Waals surface area (Å²) in [6.45, 7) is 1.31. The van der Waals surface area contributed by atoms with Crippen LogP contribution >= 0.6 is 11.6 Å². The quantitative estimate of drug-likeness (QED) is 0.740. The van der Waals surface area contributed by atoms with Crippen molar-refractivity contribution < 1.29 is 9.53 Å². The maximum Gasteiger partial charge on any atom is 0.270 e. The van der Waals surface area contributed by atoms with Gasteiger partial charge in [-0.15, -0.1) is 0 Å². The fourth-order valence-electron chi connectivity index (χ4n) is 3.18. The summed E-state index contributed by atoms with van der Waals surface area (Å²) in [5, 5.41) is 8.41. The molecule has 0 bridgehead atoms. The molecule has 1 atom stereocenters. The third kappa shape index (κ3) is 4.04. The molecule has 2 heterocycles. The van der Waals surface area contributed by atoms with Crippen LogP contribution in [0.1, 0.15) is 23.3 Å². The van der Waals surface area contributed by atoms with Crippen molar-refractivity contribution in [1.82, 2.24) is 15.1 Å². The van der Waals surface area contributed by atoms with Gasteiger partial charge >= 0.3 is 0 Å². The van der Waals surface area contributed by atoms with Gasteiger partial charge in [-0.2, -0.15) is 5.10 Å². The monoisotopic (exact) mass is 381 g/mol. The van der Waals surface area contributed by atoms with Crippen LogP contribution in [0.15, 0.2) is 60.7 Å². The van der Waals surface area contributed by atoms with Crippen LogP contribution in [0.3, 0.4) is 0 Å². The van der Waals surface area contributed by atoms with E-state index in [4.69, 9.17) is 16.3 Å². The zero-order valence-corrected chi connectivity index (χ0v) is 15.5. The first-order valence-electron chi connectivity index (χ1n) is 9.01. The molecule has 1 fully saturated rings. The van der Waals surface area contributed by atoms with E-state index in [0.29, 0.717) is 17.3 Å². The van der Waals surface area contributed by atoms with Gasteiger partial charge in [0.25, 0.3) is 5.91 Å². The number of hydrogen-bond donors (Lipinski definition) is 1. The average Bonchev–Trinajstić information content (AvgIpc) is 3.16. The molecule has 1 saturated heterocycles. The lowest BCUT2D eigenvalue weighted by molar-refractivity contribution is 0.0620. The van der Waals surface area contributed by atoms with E-state index in [9.17, 15) is 4.79 Å². The molecule has 0 radical (unpaired) electrons. The summed E-state index contributed by atoms with van der Waals surface area (Å²) in [6.07, 6.45) is 1.88. The first-order valence-corrected chi connectivity index (χ1v) is 9.38. The zero-order chi connectivity index (χ0) is 18.6. The van der Waals surface area contributed by atoms with Gasteiger partial charge in [-0.1, -0.05) is 41.9 Å². The number of carbonyl (C=O) groups is 1. The van der Waals surface area contributed by atoms with Crippen LogP contribution in [0.25, 0.3) is 16.9 Å². The standard InChI is InChI=1S/C21H20ClN3O2/c22-16-10-8-15(9-11-16)19-13-20(21(26)23-17-5-4-12-27-14-17)25(24-19)18-6-2-1-3-7-18/h1-3,6-11,13,17H,4-5,12,14H2,(H,23,26). The lowest BCUT2D eigenvalue weighted by Crippen LogP contribution is -2.41. The van der Waals surface area contributed by atoms with Crippen molar-refractivity contribution in [3.05, 3.63) is 71.4 Å². The Balaban J connectivity index is 1.69. The van der Waals surface area contributed by atoms with E-state index < -0.39 is 0 Å². The van der Waals surface area contributed by atoms with Crippen molar-refractivity contribution in [1.29, 1.82) is 0 Å². The summed E-state index contributed by atoms with van der Waals surface area (Å²) in [6, 6.07) is 18.9. The Kier molecular flexibility index (Phi) is 5.23. The summed E-state index contributed by atoms with van der Waals surface area (Å²) in [4.78, 5) is 13.0. The summed E-state index contributed by atoms with van der Waals surface area (Å²) in [5.41, 5.74) is 2.96. The summed E-state index contributed by atoms with van der Waals surface area (Å²) in [5.74, 6) is -0.151. The minimum absolute atomic E-state index is 0.0318. The molecule has 1 aromatic heterocycles. The maximum absolute atomic E-state index is 13.0. The van der Waals surface area contributed by atoms with Crippen molar-refractivity contribution in [3.8, 4) is 16.9 Å². The number of nitrogens with one attached hydrogen (secondary N) is 1. The molecular weight excluding hydrogens is 362 g/mol. The second-order valence-corrected chi connectivity index (χ2v) is 6.99. The van der Waals surface area contributed by atoms with Crippen LogP contribution in [0.4, 0.5) is 0 Å². The van der Waals surface area contributed by atoms with Crippen LogP contribution in [-0.2, 0) is 4.74 Å². The molecule has 0 saturated carbocycles. The highest BCUT2D eigenvalue weighted by Crippen LogP contribution is 2.23. The number of aromatic nitrogens is 2. The molecule has 1 unspecified atom stereocenters. The molecule has 2 aromatic carbocycles. The maximum atomic E-state index is 13.0. The van der Waals surface area contributed by atoms with Crippen LogP contribution in [0.5, 0.6) is 0 Å². The van der Waals surface area contributed by atoms with Gasteiger partial charge in [0.05, 0.1) is 24.0 Å². The van der Waals surface area contributed by atoms with Gasteiger partial charge in [-0.05, 0) is 43.2 Å². The van der Waals surface area contributed by atoms with Gasteiger partial charge in [-0.3, -0.25) is 4.79 Å². The second kappa shape index (κ2) is 7.94. The predicted octanol–water partition coefficient (Wildman–Crippen LogP) is 4.10. The number of hydrogen-bond acceptors (Lipinski definition) is 3. The Bertz CT molecular complexity index is 916. The van der Waals surface area contributed by atoms with Crippen molar-refractivity contribution >= 4 is 17.5 Å². The summed E-state index contributed by atoms with van der Waals surface area (Å²) >= 11 is 5.99. The number of amides is 1. The zero-order valence-electron chi connectivity index (χ0n) is 14.8. The van der Waals surface area contributed by atoms with Crippen LogP contribution < -0.4 is 5.32 Å². The SMILES string of the molecule is O=C(NC1CCCOC1)c1cc(-c2ccc(Cl)cc2)nn1-c1ccccc1. The first kappa shape index (κ1) is 17.8. The highest BCUT2D eigenvalue weighted by molar-refractivity contribution is 6.30. The average molecular weight is 382 g/mol. The molecule has 0 aliphatic carbocycles. The molecule has 0 spiro atoms. The number of nitrogens with zero attached hydrogens (tertiary/aromatic N) is 2. The molecule has 3 aromatic rings. The molecule has 138 valence electrons. The third-order valence-corrected chi connectivity index (χ3v) is 4.83. The Hall–Kier alpha value is -2.63. The molecule has 1 N–H and O–H groups in total. The van der Waals surface area contributed by atoms with Gasteiger partial charge in [0.2, 0.25) is 0 Å². The molecule has 5 nitrogen and oxygen atoms in total. The lowest BCUT2D eigenvalue weighted by Gasteiger charge is -2.23. The normalized spacial score (nSPS) is 16.9. The Morgan fingerprint density at radius 2 is 1.93 bits per heavy atom. The summed E-state index contributed by atoms with van der Waals surface area (Å²) in [7, 11) is 0. The number of para-hydroxylation sites is 1. The largest absolute Gasteiger partial charge is 0.379 e. The van der Waals surface area contributed by atoms with Crippen molar-refractivity contribution in [2.75, 3.05) is 13.2 Å². The van der Waals surface area contributed by atoms with Crippen LogP contribution in [0.2, 0.25) is 5.02 Å². The van der Waals surface area contributed by atoms with Gasteiger partial charge in [-0.25, -0.2) is 4.68 Å². The van der Waals surface area contributed by atoms with E-state index in [-0.39, 0.29) is 11.9 Å².